The number of aryl methyl sites for hydroxylation is 2. The molecule has 0 aliphatic heterocycles. The fraction of sp³-hybridized carbons (Fsp3) is 0.560. The minimum absolute atomic E-state index is 0.936. The summed E-state index contributed by atoms with van der Waals surface area (Å²) in [4.78, 5) is 4.73. The van der Waals surface area contributed by atoms with Gasteiger partial charge in [0, 0.05) is 11.8 Å². The van der Waals surface area contributed by atoms with Gasteiger partial charge in [-0.25, -0.2) is 0 Å². The van der Waals surface area contributed by atoms with Crippen molar-refractivity contribution < 1.29 is 0 Å². The van der Waals surface area contributed by atoms with Gasteiger partial charge >= 0.3 is 0 Å². The monoisotopic (exact) mass is 349 g/mol. The molecule has 1 heterocycles. The molecule has 1 aromatic carbocycles. The van der Waals surface area contributed by atoms with Crippen molar-refractivity contribution in [3.63, 3.8) is 0 Å². The fourth-order valence-electron chi connectivity index (χ4n) is 4.58. The quantitative estimate of drug-likeness (QED) is 0.489. The van der Waals surface area contributed by atoms with Crippen LogP contribution in [0.3, 0.4) is 0 Å². The van der Waals surface area contributed by atoms with Gasteiger partial charge in [0.05, 0.1) is 5.69 Å². The van der Waals surface area contributed by atoms with Crippen LogP contribution in [0.25, 0.3) is 11.3 Å². The molecule has 3 rings (SSSR count). The first-order valence-corrected chi connectivity index (χ1v) is 10.8. The number of rotatable bonds is 8. The molecule has 1 aliphatic carbocycles. The number of pyridine rings is 1. The Balaban J connectivity index is 1.52. The fourth-order valence-corrected chi connectivity index (χ4v) is 4.58. The van der Waals surface area contributed by atoms with E-state index in [0.717, 1.165) is 24.0 Å². The van der Waals surface area contributed by atoms with E-state index in [4.69, 9.17) is 4.98 Å². The SMILES string of the molecule is CCCc1ccc(-c2ccc(CCC3CCCC(CCC)C3)cn2)cc1. The van der Waals surface area contributed by atoms with Gasteiger partial charge in [0.2, 0.25) is 0 Å². The molecule has 1 heteroatoms. The first-order valence-electron chi connectivity index (χ1n) is 10.8. The Labute approximate surface area is 160 Å². The third-order valence-electron chi connectivity index (χ3n) is 6.04. The van der Waals surface area contributed by atoms with Gasteiger partial charge in [-0.05, 0) is 54.7 Å². The lowest BCUT2D eigenvalue weighted by Crippen LogP contribution is -2.16. The molecule has 0 saturated heterocycles. The van der Waals surface area contributed by atoms with Crippen LogP contribution < -0.4 is 0 Å². The average molecular weight is 350 g/mol. The zero-order chi connectivity index (χ0) is 18.2. The molecule has 0 spiro atoms. The van der Waals surface area contributed by atoms with Crippen LogP contribution in [0.5, 0.6) is 0 Å². The predicted molar refractivity (Wildman–Crippen MR) is 112 cm³/mol. The molecule has 1 aliphatic rings. The summed E-state index contributed by atoms with van der Waals surface area (Å²) in [5, 5.41) is 0. The van der Waals surface area contributed by atoms with Gasteiger partial charge in [0.25, 0.3) is 0 Å². The van der Waals surface area contributed by atoms with Crippen LogP contribution in [0.1, 0.15) is 76.3 Å². The minimum atomic E-state index is 0.936. The topological polar surface area (TPSA) is 12.9 Å². The van der Waals surface area contributed by atoms with E-state index in [-0.39, 0.29) is 0 Å². The Hall–Kier alpha value is -1.63. The molecule has 140 valence electrons. The van der Waals surface area contributed by atoms with Gasteiger partial charge in [0.1, 0.15) is 0 Å². The number of benzene rings is 1. The third-order valence-corrected chi connectivity index (χ3v) is 6.04. The lowest BCUT2D eigenvalue weighted by atomic mass is 9.77. The molecule has 1 fully saturated rings. The van der Waals surface area contributed by atoms with Gasteiger partial charge in [-0.15, -0.1) is 0 Å². The standard InChI is InChI=1S/C25H35N/c1-3-6-20-12-15-24(16-13-20)25-17-14-23(19-26-25)11-10-22-9-5-8-21(18-22)7-4-2/h12-17,19,21-22H,3-11,18H2,1-2H3. The Bertz CT molecular complexity index is 639. The van der Waals surface area contributed by atoms with E-state index in [0.29, 0.717) is 0 Å². The first-order chi connectivity index (χ1) is 12.8. The Kier molecular flexibility index (Phi) is 7.29. The van der Waals surface area contributed by atoms with Crippen LogP contribution in [0, 0.1) is 11.8 Å². The second kappa shape index (κ2) is 9.90. The van der Waals surface area contributed by atoms with Crippen molar-refractivity contribution in [2.24, 2.45) is 11.8 Å². The van der Waals surface area contributed by atoms with E-state index in [2.05, 4.69) is 56.4 Å². The van der Waals surface area contributed by atoms with Crippen molar-refractivity contribution in [2.45, 2.75) is 78.1 Å². The summed E-state index contributed by atoms with van der Waals surface area (Å²) in [5.74, 6) is 1.93. The van der Waals surface area contributed by atoms with Crippen molar-refractivity contribution in [2.75, 3.05) is 0 Å². The van der Waals surface area contributed by atoms with Crippen LogP contribution in [-0.4, -0.2) is 4.98 Å². The molecule has 1 aromatic heterocycles. The van der Waals surface area contributed by atoms with E-state index in [1.54, 1.807) is 0 Å². The maximum absolute atomic E-state index is 4.73. The Morgan fingerprint density at radius 3 is 2.19 bits per heavy atom. The number of hydrogen-bond donors (Lipinski definition) is 0. The molecule has 2 atom stereocenters. The van der Waals surface area contributed by atoms with Crippen LogP contribution in [-0.2, 0) is 12.8 Å². The Morgan fingerprint density at radius 2 is 1.54 bits per heavy atom. The second-order valence-electron chi connectivity index (χ2n) is 8.22. The van der Waals surface area contributed by atoms with Crippen molar-refractivity contribution in [3.05, 3.63) is 53.7 Å². The highest BCUT2D eigenvalue weighted by atomic mass is 14.7. The highest BCUT2D eigenvalue weighted by Crippen LogP contribution is 2.34. The van der Waals surface area contributed by atoms with Crippen LogP contribution in [0.15, 0.2) is 42.6 Å². The molecule has 0 amide bonds. The second-order valence-corrected chi connectivity index (χ2v) is 8.22. The van der Waals surface area contributed by atoms with E-state index < -0.39 is 0 Å². The maximum atomic E-state index is 4.73. The van der Waals surface area contributed by atoms with Crippen LogP contribution >= 0.6 is 0 Å². The zero-order valence-corrected chi connectivity index (χ0v) is 16.7. The zero-order valence-electron chi connectivity index (χ0n) is 16.7. The van der Waals surface area contributed by atoms with Gasteiger partial charge < -0.3 is 0 Å². The molecule has 0 bridgehead atoms. The van der Waals surface area contributed by atoms with E-state index in [1.807, 2.05) is 0 Å². The molecule has 0 radical (unpaired) electrons. The number of nitrogens with zero attached hydrogens (tertiary/aromatic N) is 1. The maximum Gasteiger partial charge on any atom is 0.0702 e. The molecule has 26 heavy (non-hydrogen) atoms. The summed E-state index contributed by atoms with van der Waals surface area (Å²) in [6.45, 7) is 4.56. The smallest absolute Gasteiger partial charge is 0.0702 e. The van der Waals surface area contributed by atoms with Gasteiger partial charge in [-0.1, -0.05) is 82.7 Å². The largest absolute Gasteiger partial charge is 0.256 e. The molecule has 2 unspecified atom stereocenters. The molecule has 0 N–H and O–H groups in total. The van der Waals surface area contributed by atoms with Crippen molar-refractivity contribution in [1.29, 1.82) is 0 Å². The predicted octanol–water partition coefficient (Wildman–Crippen LogP) is 7.24. The molecule has 2 aromatic rings. The van der Waals surface area contributed by atoms with Crippen molar-refractivity contribution >= 4 is 0 Å². The van der Waals surface area contributed by atoms with Gasteiger partial charge in [-0.2, -0.15) is 0 Å². The van der Waals surface area contributed by atoms with E-state index in [1.165, 1.54) is 74.5 Å². The lowest BCUT2D eigenvalue weighted by Gasteiger charge is -2.29. The van der Waals surface area contributed by atoms with Gasteiger partial charge in [-0.3, -0.25) is 4.98 Å². The summed E-state index contributed by atoms with van der Waals surface area (Å²) in [6.07, 6.45) is 15.6. The van der Waals surface area contributed by atoms with Gasteiger partial charge in [0.15, 0.2) is 0 Å². The third kappa shape index (κ3) is 5.43. The average Bonchev–Trinajstić information content (AvgIpc) is 2.68. The lowest BCUT2D eigenvalue weighted by molar-refractivity contribution is 0.243. The number of aromatic nitrogens is 1. The first kappa shape index (κ1) is 19.1. The minimum Gasteiger partial charge on any atom is -0.256 e. The van der Waals surface area contributed by atoms with Crippen molar-refractivity contribution in [3.8, 4) is 11.3 Å². The van der Waals surface area contributed by atoms with E-state index >= 15 is 0 Å². The molecule has 1 saturated carbocycles. The highest BCUT2D eigenvalue weighted by molar-refractivity contribution is 5.59. The summed E-state index contributed by atoms with van der Waals surface area (Å²) < 4.78 is 0. The highest BCUT2D eigenvalue weighted by Gasteiger charge is 2.21. The summed E-state index contributed by atoms with van der Waals surface area (Å²) in [6, 6.07) is 13.4. The van der Waals surface area contributed by atoms with E-state index in [9.17, 15) is 0 Å². The molecule has 1 nitrogen and oxygen atoms in total. The summed E-state index contributed by atoms with van der Waals surface area (Å²) in [7, 11) is 0. The van der Waals surface area contributed by atoms with Crippen LogP contribution in [0.2, 0.25) is 0 Å². The number of hydrogen-bond acceptors (Lipinski definition) is 1. The molecular weight excluding hydrogens is 314 g/mol. The summed E-state index contributed by atoms with van der Waals surface area (Å²) in [5.41, 5.74) is 5.14. The molecular formula is C25H35N. The summed E-state index contributed by atoms with van der Waals surface area (Å²) >= 11 is 0. The van der Waals surface area contributed by atoms with Crippen molar-refractivity contribution in [1.82, 2.24) is 4.98 Å². The normalized spacial score (nSPS) is 20.2. The Morgan fingerprint density at radius 1 is 0.808 bits per heavy atom. The van der Waals surface area contributed by atoms with Crippen LogP contribution in [0.4, 0.5) is 0 Å².